The summed E-state index contributed by atoms with van der Waals surface area (Å²) in [5.74, 6) is -0.110. The van der Waals surface area contributed by atoms with Crippen molar-refractivity contribution in [2.45, 2.75) is 6.92 Å². The molecule has 0 aromatic heterocycles. The number of carbonyl (C=O) groups is 1. The Bertz CT molecular complexity index is 559. The van der Waals surface area contributed by atoms with Crippen molar-refractivity contribution in [2.24, 2.45) is 0 Å². The Balaban J connectivity index is 2.28. The lowest BCUT2D eigenvalue weighted by Gasteiger charge is -2.11. The third-order valence-electron chi connectivity index (χ3n) is 2.53. The summed E-state index contributed by atoms with van der Waals surface area (Å²) in [6, 6.07) is 13.0. The lowest BCUT2D eigenvalue weighted by atomic mass is 10.1. The molecule has 0 spiro atoms. The Morgan fingerprint density at radius 3 is 2.39 bits per heavy atom. The number of hydrogen-bond acceptors (Lipinski definition) is 1. The average molecular weight is 369 g/mol. The molecule has 0 bridgehead atoms. The molecule has 0 saturated carbocycles. The van der Waals surface area contributed by atoms with Gasteiger partial charge in [-0.15, -0.1) is 0 Å². The summed E-state index contributed by atoms with van der Waals surface area (Å²) in [5, 5.41) is 2.92. The quantitative estimate of drug-likeness (QED) is 0.812. The van der Waals surface area contributed by atoms with Crippen molar-refractivity contribution in [3.8, 4) is 0 Å². The smallest absolute Gasteiger partial charge is 0.255 e. The summed E-state index contributed by atoms with van der Waals surface area (Å²) in [5.41, 5.74) is 2.44. The highest BCUT2D eigenvalue weighted by atomic mass is 79.9. The zero-order valence-electron chi connectivity index (χ0n) is 9.71. The molecular formula is C14H11Br2NO. The second-order valence-electron chi connectivity index (χ2n) is 3.90. The van der Waals surface area contributed by atoms with Crippen LogP contribution in [0.25, 0.3) is 0 Å². The molecule has 1 N–H and O–H groups in total. The minimum Gasteiger partial charge on any atom is -0.321 e. The zero-order valence-corrected chi connectivity index (χ0v) is 12.9. The number of halogens is 2. The number of anilines is 1. The molecule has 0 atom stereocenters. The molecule has 0 fully saturated rings. The van der Waals surface area contributed by atoms with Gasteiger partial charge >= 0.3 is 0 Å². The highest BCUT2D eigenvalue weighted by Crippen LogP contribution is 2.30. The molecule has 2 aromatic rings. The Labute approximate surface area is 123 Å². The summed E-state index contributed by atoms with van der Waals surface area (Å²) in [4.78, 5) is 12.1. The van der Waals surface area contributed by atoms with Gasteiger partial charge < -0.3 is 5.32 Å². The zero-order chi connectivity index (χ0) is 13.1. The number of aryl methyl sites for hydroxylation is 1. The number of carbonyl (C=O) groups excluding carboxylic acids is 1. The largest absolute Gasteiger partial charge is 0.321 e. The summed E-state index contributed by atoms with van der Waals surface area (Å²) in [6.45, 7) is 1.95. The first kappa shape index (κ1) is 13.3. The second-order valence-corrected chi connectivity index (χ2v) is 5.67. The van der Waals surface area contributed by atoms with Crippen LogP contribution in [0.1, 0.15) is 15.9 Å². The maximum Gasteiger partial charge on any atom is 0.255 e. The van der Waals surface area contributed by atoms with Gasteiger partial charge in [-0.05, 0) is 52.7 Å². The first-order chi connectivity index (χ1) is 8.58. The summed E-state index contributed by atoms with van der Waals surface area (Å²) >= 11 is 6.87. The first-order valence-electron chi connectivity index (χ1n) is 5.40. The van der Waals surface area contributed by atoms with Crippen molar-refractivity contribution in [1.29, 1.82) is 0 Å². The second kappa shape index (κ2) is 5.67. The topological polar surface area (TPSA) is 29.1 Å². The molecule has 2 nitrogen and oxygen atoms in total. The maximum atomic E-state index is 12.1. The van der Waals surface area contributed by atoms with Crippen molar-refractivity contribution in [1.82, 2.24) is 0 Å². The van der Waals surface area contributed by atoms with E-state index in [1.54, 1.807) is 12.1 Å². The van der Waals surface area contributed by atoms with E-state index in [2.05, 4.69) is 37.2 Å². The van der Waals surface area contributed by atoms with E-state index in [0.29, 0.717) is 5.56 Å². The van der Waals surface area contributed by atoms with Gasteiger partial charge in [0.15, 0.2) is 0 Å². The molecule has 0 unspecified atom stereocenters. The van der Waals surface area contributed by atoms with Crippen LogP contribution in [0.3, 0.4) is 0 Å². The Morgan fingerprint density at radius 1 is 1.11 bits per heavy atom. The number of benzene rings is 2. The fourth-order valence-electron chi connectivity index (χ4n) is 1.64. The Morgan fingerprint density at radius 2 is 1.78 bits per heavy atom. The van der Waals surface area contributed by atoms with Crippen LogP contribution in [0, 0.1) is 6.92 Å². The van der Waals surface area contributed by atoms with Gasteiger partial charge in [0.1, 0.15) is 0 Å². The van der Waals surface area contributed by atoms with E-state index in [4.69, 9.17) is 0 Å². The highest BCUT2D eigenvalue weighted by molar-refractivity contribution is 9.11. The minimum absolute atomic E-state index is 0.110. The van der Waals surface area contributed by atoms with Crippen LogP contribution in [0.15, 0.2) is 51.4 Å². The van der Waals surface area contributed by atoms with Crippen molar-refractivity contribution in [2.75, 3.05) is 5.32 Å². The van der Waals surface area contributed by atoms with Crippen LogP contribution in [-0.4, -0.2) is 5.91 Å². The molecule has 0 aliphatic heterocycles. The van der Waals surface area contributed by atoms with Crippen LogP contribution >= 0.6 is 31.9 Å². The molecule has 2 rings (SSSR count). The third-order valence-corrected chi connectivity index (χ3v) is 3.61. The van der Waals surface area contributed by atoms with E-state index in [1.807, 2.05) is 37.3 Å². The minimum atomic E-state index is -0.110. The van der Waals surface area contributed by atoms with Gasteiger partial charge in [-0.2, -0.15) is 0 Å². The molecule has 0 aliphatic carbocycles. The molecule has 0 aliphatic rings. The molecular weight excluding hydrogens is 358 g/mol. The van der Waals surface area contributed by atoms with E-state index < -0.39 is 0 Å². The van der Waals surface area contributed by atoms with Gasteiger partial charge in [0.2, 0.25) is 0 Å². The molecule has 1 amide bonds. The van der Waals surface area contributed by atoms with Crippen molar-refractivity contribution < 1.29 is 4.79 Å². The van der Waals surface area contributed by atoms with Crippen LogP contribution in [0.5, 0.6) is 0 Å². The lowest BCUT2D eigenvalue weighted by molar-refractivity contribution is 0.102. The molecule has 92 valence electrons. The summed E-state index contributed by atoms with van der Waals surface area (Å²) in [6.07, 6.45) is 0. The Kier molecular flexibility index (Phi) is 4.19. The normalized spacial score (nSPS) is 10.2. The number of hydrogen-bond donors (Lipinski definition) is 1. The van der Waals surface area contributed by atoms with E-state index in [9.17, 15) is 4.79 Å². The number of rotatable bonds is 2. The molecule has 0 radical (unpaired) electrons. The van der Waals surface area contributed by atoms with Crippen LogP contribution in [0.2, 0.25) is 0 Å². The third kappa shape index (κ3) is 3.00. The standard InChI is InChI=1S/C14H11Br2NO/c1-9-7-11(15)8-12(16)13(9)17-14(18)10-5-3-2-4-6-10/h2-8H,1H3,(H,17,18). The van der Waals surface area contributed by atoms with Crippen LogP contribution < -0.4 is 5.32 Å². The highest BCUT2D eigenvalue weighted by Gasteiger charge is 2.10. The van der Waals surface area contributed by atoms with Gasteiger partial charge in [0, 0.05) is 14.5 Å². The van der Waals surface area contributed by atoms with E-state index in [1.165, 1.54) is 0 Å². The Hall–Kier alpha value is -1.13. The summed E-state index contributed by atoms with van der Waals surface area (Å²) < 4.78 is 1.84. The SMILES string of the molecule is Cc1cc(Br)cc(Br)c1NC(=O)c1ccccc1. The fourth-order valence-corrected chi connectivity index (χ4v) is 3.17. The van der Waals surface area contributed by atoms with Gasteiger partial charge in [-0.1, -0.05) is 34.1 Å². The van der Waals surface area contributed by atoms with Gasteiger partial charge in [-0.25, -0.2) is 0 Å². The maximum absolute atomic E-state index is 12.1. The van der Waals surface area contributed by atoms with Crippen molar-refractivity contribution >= 4 is 43.5 Å². The van der Waals surface area contributed by atoms with Crippen LogP contribution in [-0.2, 0) is 0 Å². The monoisotopic (exact) mass is 367 g/mol. The van der Waals surface area contributed by atoms with Gasteiger partial charge in [0.05, 0.1) is 5.69 Å². The fraction of sp³-hybridized carbons (Fsp3) is 0.0714. The predicted octanol–water partition coefficient (Wildman–Crippen LogP) is 4.77. The molecule has 0 heterocycles. The van der Waals surface area contributed by atoms with Gasteiger partial charge in [0.25, 0.3) is 5.91 Å². The predicted molar refractivity (Wildman–Crippen MR) is 81.0 cm³/mol. The number of nitrogens with one attached hydrogen (secondary N) is 1. The van der Waals surface area contributed by atoms with E-state index in [-0.39, 0.29) is 5.91 Å². The van der Waals surface area contributed by atoms with Crippen LogP contribution in [0.4, 0.5) is 5.69 Å². The molecule has 0 saturated heterocycles. The summed E-state index contributed by atoms with van der Waals surface area (Å²) in [7, 11) is 0. The first-order valence-corrected chi connectivity index (χ1v) is 6.98. The average Bonchev–Trinajstić information content (AvgIpc) is 2.34. The lowest BCUT2D eigenvalue weighted by Crippen LogP contribution is -2.13. The van der Waals surface area contributed by atoms with E-state index in [0.717, 1.165) is 20.2 Å². The number of amides is 1. The molecule has 2 aromatic carbocycles. The molecule has 18 heavy (non-hydrogen) atoms. The van der Waals surface area contributed by atoms with Gasteiger partial charge in [-0.3, -0.25) is 4.79 Å². The molecule has 4 heteroatoms. The van der Waals surface area contributed by atoms with Crippen molar-refractivity contribution in [3.05, 3.63) is 62.5 Å². The van der Waals surface area contributed by atoms with Crippen molar-refractivity contribution in [3.63, 3.8) is 0 Å². The van der Waals surface area contributed by atoms with E-state index >= 15 is 0 Å².